The van der Waals surface area contributed by atoms with Crippen molar-refractivity contribution in [2.45, 2.75) is 44.8 Å². The Hall–Kier alpha value is -0.280. The van der Waals surface area contributed by atoms with Gasteiger partial charge in [0.25, 0.3) is 0 Å². The van der Waals surface area contributed by atoms with E-state index in [1.54, 1.807) is 11.8 Å². The van der Waals surface area contributed by atoms with E-state index in [-0.39, 0.29) is 17.6 Å². The number of ether oxygens (including phenoxy) is 1. The molecule has 1 amide bonds. The lowest BCUT2D eigenvalue weighted by atomic mass is 10.1. The Morgan fingerprint density at radius 1 is 1.64 bits per heavy atom. The van der Waals surface area contributed by atoms with E-state index in [1.807, 2.05) is 20.8 Å². The highest BCUT2D eigenvalue weighted by molar-refractivity contribution is 6.30. The van der Waals surface area contributed by atoms with Crippen LogP contribution in [0, 0.1) is 0 Å². The molecule has 0 aromatic carbocycles. The maximum absolute atomic E-state index is 11.7. The number of nitrogens with zero attached hydrogens (tertiary/aromatic N) is 1. The van der Waals surface area contributed by atoms with E-state index in [4.69, 9.17) is 16.3 Å². The molecule has 1 fully saturated rings. The van der Waals surface area contributed by atoms with Gasteiger partial charge >= 0.3 is 0 Å². The normalized spacial score (nSPS) is 28.6. The monoisotopic (exact) mass is 219 g/mol. The number of hydrogen-bond donors (Lipinski definition) is 0. The molecular weight excluding hydrogens is 202 g/mol. The van der Waals surface area contributed by atoms with Crippen LogP contribution >= 0.6 is 11.6 Å². The molecule has 1 aliphatic rings. The van der Waals surface area contributed by atoms with Crippen molar-refractivity contribution in [2.24, 2.45) is 0 Å². The van der Waals surface area contributed by atoms with Crippen LogP contribution in [0.3, 0.4) is 0 Å². The molecule has 0 aromatic heterocycles. The lowest BCUT2D eigenvalue weighted by Gasteiger charge is -2.42. The highest BCUT2D eigenvalue weighted by Crippen LogP contribution is 2.21. The summed E-state index contributed by atoms with van der Waals surface area (Å²) in [5.41, 5.74) is -0.265. The van der Waals surface area contributed by atoms with E-state index in [0.717, 1.165) is 0 Å². The lowest BCUT2D eigenvalue weighted by Crippen LogP contribution is -2.55. The molecule has 0 aliphatic carbocycles. The summed E-state index contributed by atoms with van der Waals surface area (Å²) in [6, 6.07) is 0. The quantitative estimate of drug-likeness (QED) is 0.628. The van der Waals surface area contributed by atoms with Gasteiger partial charge in [-0.2, -0.15) is 0 Å². The van der Waals surface area contributed by atoms with Crippen LogP contribution in [0.5, 0.6) is 0 Å². The number of rotatable bonds is 1. The summed E-state index contributed by atoms with van der Waals surface area (Å²) in [6.07, 6.45) is 0.0816. The van der Waals surface area contributed by atoms with E-state index >= 15 is 0 Å². The molecule has 0 radical (unpaired) electrons. The van der Waals surface area contributed by atoms with Gasteiger partial charge in [0.15, 0.2) is 0 Å². The van der Waals surface area contributed by atoms with Gasteiger partial charge in [0.1, 0.15) is 5.38 Å². The molecule has 82 valence electrons. The molecule has 0 N–H and O–H groups in total. The second-order valence-corrected chi connectivity index (χ2v) is 5.18. The molecular formula is C10H18ClNO2. The van der Waals surface area contributed by atoms with Crippen molar-refractivity contribution in [3.05, 3.63) is 0 Å². The number of carbonyl (C=O) groups is 1. The fourth-order valence-electron chi connectivity index (χ4n) is 1.87. The summed E-state index contributed by atoms with van der Waals surface area (Å²) in [6.45, 7) is 8.91. The summed E-state index contributed by atoms with van der Waals surface area (Å²) in [4.78, 5) is 13.5. The Labute approximate surface area is 90.4 Å². The van der Waals surface area contributed by atoms with Crippen LogP contribution in [0.2, 0.25) is 0 Å². The minimum atomic E-state index is -0.448. The van der Waals surface area contributed by atoms with E-state index in [2.05, 4.69) is 0 Å². The zero-order valence-electron chi connectivity index (χ0n) is 9.21. The van der Waals surface area contributed by atoms with Crippen molar-refractivity contribution < 1.29 is 9.53 Å². The Morgan fingerprint density at radius 3 is 2.64 bits per heavy atom. The second-order valence-electron chi connectivity index (χ2n) is 4.52. The van der Waals surface area contributed by atoms with Crippen LogP contribution in [-0.4, -0.2) is 41.0 Å². The number of halogens is 1. The number of carbonyl (C=O) groups excluding carboxylic acids is 1. The third-order valence-corrected chi connectivity index (χ3v) is 2.41. The van der Waals surface area contributed by atoms with E-state index < -0.39 is 5.38 Å². The maximum Gasteiger partial charge on any atom is 0.240 e. The Morgan fingerprint density at radius 2 is 2.21 bits per heavy atom. The molecule has 1 heterocycles. The first-order chi connectivity index (χ1) is 6.32. The molecule has 3 nitrogen and oxygen atoms in total. The SMILES string of the molecule is CC1CN(C(=O)C(C)Cl)CC(C)(C)O1. The zero-order valence-corrected chi connectivity index (χ0v) is 9.97. The highest BCUT2D eigenvalue weighted by Gasteiger charge is 2.34. The fraction of sp³-hybridized carbons (Fsp3) is 0.900. The van der Waals surface area contributed by atoms with E-state index in [0.29, 0.717) is 13.1 Å². The van der Waals surface area contributed by atoms with Gasteiger partial charge in [-0.15, -0.1) is 11.6 Å². The molecule has 2 unspecified atom stereocenters. The predicted molar refractivity (Wildman–Crippen MR) is 56.5 cm³/mol. The lowest BCUT2D eigenvalue weighted by molar-refractivity contribution is -0.157. The molecule has 4 heteroatoms. The minimum absolute atomic E-state index is 0.00473. The summed E-state index contributed by atoms with van der Waals surface area (Å²) in [7, 11) is 0. The largest absolute Gasteiger partial charge is 0.369 e. The molecule has 0 spiro atoms. The highest BCUT2D eigenvalue weighted by atomic mass is 35.5. The van der Waals surface area contributed by atoms with Crippen molar-refractivity contribution in [2.75, 3.05) is 13.1 Å². The summed E-state index contributed by atoms with van der Waals surface area (Å²) in [5, 5.41) is -0.448. The van der Waals surface area contributed by atoms with Crippen LogP contribution in [-0.2, 0) is 9.53 Å². The van der Waals surface area contributed by atoms with Crippen molar-refractivity contribution >= 4 is 17.5 Å². The standard InChI is InChI=1S/C10H18ClNO2/c1-7-5-12(9(13)8(2)11)6-10(3,4)14-7/h7-8H,5-6H2,1-4H3. The van der Waals surface area contributed by atoms with Crippen LogP contribution in [0.25, 0.3) is 0 Å². The number of morpholine rings is 1. The molecule has 0 aromatic rings. The van der Waals surface area contributed by atoms with Crippen LogP contribution in [0.1, 0.15) is 27.7 Å². The predicted octanol–water partition coefficient (Wildman–Crippen LogP) is 1.64. The molecule has 2 atom stereocenters. The number of amides is 1. The average molecular weight is 220 g/mol. The summed E-state index contributed by atoms with van der Waals surface area (Å²) < 4.78 is 5.70. The smallest absolute Gasteiger partial charge is 0.240 e. The Bertz CT molecular complexity index is 228. The molecule has 14 heavy (non-hydrogen) atoms. The Kier molecular flexibility index (Phi) is 3.43. The summed E-state index contributed by atoms with van der Waals surface area (Å²) in [5.74, 6) is -0.00473. The van der Waals surface area contributed by atoms with Gasteiger partial charge in [-0.05, 0) is 27.7 Å². The zero-order chi connectivity index (χ0) is 10.9. The maximum atomic E-state index is 11.7. The molecule has 1 rings (SSSR count). The third kappa shape index (κ3) is 2.85. The molecule has 0 saturated carbocycles. The second kappa shape index (κ2) is 4.07. The van der Waals surface area contributed by atoms with Crippen molar-refractivity contribution in [3.63, 3.8) is 0 Å². The average Bonchev–Trinajstić information content (AvgIpc) is 1.98. The first-order valence-electron chi connectivity index (χ1n) is 4.92. The molecule has 0 bridgehead atoms. The minimum Gasteiger partial charge on any atom is -0.369 e. The third-order valence-electron chi connectivity index (χ3n) is 2.22. The topological polar surface area (TPSA) is 29.5 Å². The van der Waals surface area contributed by atoms with Crippen molar-refractivity contribution in [1.29, 1.82) is 0 Å². The first kappa shape index (κ1) is 11.8. The number of hydrogen-bond acceptors (Lipinski definition) is 2. The van der Waals surface area contributed by atoms with E-state index in [1.165, 1.54) is 0 Å². The summed E-state index contributed by atoms with van der Waals surface area (Å²) >= 11 is 5.77. The van der Waals surface area contributed by atoms with Gasteiger partial charge in [0, 0.05) is 13.1 Å². The van der Waals surface area contributed by atoms with Gasteiger partial charge in [-0.25, -0.2) is 0 Å². The van der Waals surface area contributed by atoms with Gasteiger partial charge in [0.05, 0.1) is 11.7 Å². The molecule has 1 saturated heterocycles. The van der Waals surface area contributed by atoms with Gasteiger partial charge in [-0.1, -0.05) is 0 Å². The molecule has 1 aliphatic heterocycles. The fourth-order valence-corrected chi connectivity index (χ4v) is 2.01. The van der Waals surface area contributed by atoms with Crippen molar-refractivity contribution in [3.8, 4) is 0 Å². The number of alkyl halides is 1. The van der Waals surface area contributed by atoms with Gasteiger partial charge in [0.2, 0.25) is 5.91 Å². The Balaban J connectivity index is 2.67. The van der Waals surface area contributed by atoms with Crippen LogP contribution in [0.15, 0.2) is 0 Å². The van der Waals surface area contributed by atoms with Gasteiger partial charge < -0.3 is 9.64 Å². The van der Waals surface area contributed by atoms with Crippen LogP contribution in [0.4, 0.5) is 0 Å². The van der Waals surface area contributed by atoms with E-state index in [9.17, 15) is 4.79 Å². The first-order valence-corrected chi connectivity index (χ1v) is 5.36. The van der Waals surface area contributed by atoms with Gasteiger partial charge in [-0.3, -0.25) is 4.79 Å². The van der Waals surface area contributed by atoms with Crippen LogP contribution < -0.4 is 0 Å². The van der Waals surface area contributed by atoms with Crippen molar-refractivity contribution in [1.82, 2.24) is 4.90 Å².